The van der Waals surface area contributed by atoms with Gasteiger partial charge in [-0.25, -0.2) is 4.39 Å². The van der Waals surface area contributed by atoms with E-state index in [4.69, 9.17) is 14.2 Å². The summed E-state index contributed by atoms with van der Waals surface area (Å²) in [4.78, 5) is 23.7. The number of rotatable bonds is 5. The first kappa shape index (κ1) is 16.8. The molecule has 1 atom stereocenters. The fourth-order valence-corrected chi connectivity index (χ4v) is 2.44. The van der Waals surface area contributed by atoms with E-state index in [2.05, 4.69) is 5.32 Å². The molecule has 0 aliphatic carbocycles. The van der Waals surface area contributed by atoms with Crippen molar-refractivity contribution in [3.63, 3.8) is 0 Å². The zero-order valence-corrected chi connectivity index (χ0v) is 13.5. The van der Waals surface area contributed by atoms with Crippen LogP contribution in [0.1, 0.15) is 24.2 Å². The lowest BCUT2D eigenvalue weighted by Gasteiger charge is -2.17. The summed E-state index contributed by atoms with van der Waals surface area (Å²) in [5.41, 5.74) is 0.772. The Balaban J connectivity index is 1.72. The monoisotopic (exact) mass is 345 g/mol. The summed E-state index contributed by atoms with van der Waals surface area (Å²) in [5, 5.41) is 2.64. The highest BCUT2D eigenvalue weighted by Crippen LogP contribution is 2.32. The maximum atomic E-state index is 14.0. The van der Waals surface area contributed by atoms with Gasteiger partial charge < -0.3 is 19.5 Å². The predicted molar refractivity (Wildman–Crippen MR) is 85.3 cm³/mol. The lowest BCUT2D eigenvalue weighted by molar-refractivity contribution is -0.154. The van der Waals surface area contributed by atoms with Crippen molar-refractivity contribution in [3.8, 4) is 11.5 Å². The average molecular weight is 345 g/mol. The molecule has 0 saturated carbocycles. The number of hydrogen-bond donors (Lipinski definition) is 1. The van der Waals surface area contributed by atoms with Crippen molar-refractivity contribution in [3.05, 3.63) is 59.4 Å². The van der Waals surface area contributed by atoms with Gasteiger partial charge in [-0.3, -0.25) is 9.59 Å². The van der Waals surface area contributed by atoms with E-state index in [0.29, 0.717) is 11.5 Å². The second-order valence-electron chi connectivity index (χ2n) is 5.42. The molecule has 0 aromatic heterocycles. The Morgan fingerprint density at radius 1 is 1.20 bits per heavy atom. The molecule has 1 N–H and O–H groups in total. The van der Waals surface area contributed by atoms with Crippen molar-refractivity contribution in [2.45, 2.75) is 19.6 Å². The minimum Gasteiger partial charge on any atom is -0.454 e. The Kier molecular flexibility index (Phi) is 4.83. The van der Waals surface area contributed by atoms with Crippen molar-refractivity contribution in [2.75, 3.05) is 6.79 Å². The number of carbonyl (C=O) groups excluding carboxylic acids is 2. The molecule has 0 bridgehead atoms. The summed E-state index contributed by atoms with van der Waals surface area (Å²) in [7, 11) is 0. The van der Waals surface area contributed by atoms with Gasteiger partial charge in [0, 0.05) is 19.0 Å². The molecule has 2 aromatic rings. The highest BCUT2D eigenvalue weighted by molar-refractivity contribution is 5.84. The van der Waals surface area contributed by atoms with Gasteiger partial charge in [0.05, 0.1) is 0 Å². The number of halogens is 1. The Bertz CT molecular complexity index is 808. The maximum Gasteiger partial charge on any atom is 0.303 e. The molecule has 0 spiro atoms. The van der Waals surface area contributed by atoms with Gasteiger partial charge in [-0.2, -0.15) is 0 Å². The van der Waals surface area contributed by atoms with Crippen LogP contribution in [0.2, 0.25) is 0 Å². The summed E-state index contributed by atoms with van der Waals surface area (Å²) in [6.45, 7) is 1.49. The topological polar surface area (TPSA) is 73.9 Å². The van der Waals surface area contributed by atoms with E-state index in [1.807, 2.05) is 0 Å². The van der Waals surface area contributed by atoms with Gasteiger partial charge >= 0.3 is 5.97 Å². The third kappa shape index (κ3) is 3.88. The summed E-state index contributed by atoms with van der Waals surface area (Å²) >= 11 is 0. The SMILES string of the molecule is CC(=O)OC(C(=O)NCc1ccc2c(c1)OCO2)c1ccccc1F. The number of nitrogens with one attached hydrogen (secondary N) is 1. The summed E-state index contributed by atoms with van der Waals surface area (Å²) in [6.07, 6.45) is -1.35. The number of carbonyl (C=O) groups is 2. The molecule has 1 aliphatic heterocycles. The number of fused-ring (bicyclic) bond motifs is 1. The molecule has 1 amide bonds. The van der Waals surface area contributed by atoms with Crippen LogP contribution in [-0.2, 0) is 20.9 Å². The van der Waals surface area contributed by atoms with Gasteiger partial charge in [0.25, 0.3) is 5.91 Å². The van der Waals surface area contributed by atoms with Crippen LogP contribution in [0.15, 0.2) is 42.5 Å². The van der Waals surface area contributed by atoms with E-state index in [-0.39, 0.29) is 18.9 Å². The van der Waals surface area contributed by atoms with Gasteiger partial charge in [-0.15, -0.1) is 0 Å². The predicted octanol–water partition coefficient (Wildman–Crippen LogP) is 2.48. The molecule has 1 unspecified atom stereocenters. The molecular formula is C18H16FNO5. The van der Waals surface area contributed by atoms with Crippen LogP contribution in [0.3, 0.4) is 0 Å². The standard InChI is InChI=1S/C18H16FNO5/c1-11(21)25-17(13-4-2-3-5-14(13)19)18(22)20-9-12-6-7-15-16(8-12)24-10-23-15/h2-8,17H,9-10H2,1H3,(H,20,22). The van der Waals surface area contributed by atoms with E-state index < -0.39 is 23.8 Å². The van der Waals surface area contributed by atoms with Gasteiger partial charge in [0.1, 0.15) is 5.82 Å². The highest BCUT2D eigenvalue weighted by atomic mass is 19.1. The van der Waals surface area contributed by atoms with Crippen molar-refractivity contribution < 1.29 is 28.2 Å². The Morgan fingerprint density at radius 2 is 1.96 bits per heavy atom. The van der Waals surface area contributed by atoms with Gasteiger partial charge in [-0.1, -0.05) is 24.3 Å². The van der Waals surface area contributed by atoms with Crippen LogP contribution in [0.4, 0.5) is 4.39 Å². The first-order valence-electron chi connectivity index (χ1n) is 7.62. The lowest BCUT2D eigenvalue weighted by atomic mass is 10.1. The first-order chi connectivity index (χ1) is 12.0. The molecule has 6 nitrogen and oxygen atoms in total. The largest absolute Gasteiger partial charge is 0.454 e. The Hall–Kier alpha value is -3.09. The number of esters is 1. The van der Waals surface area contributed by atoms with Crippen LogP contribution in [0.5, 0.6) is 11.5 Å². The van der Waals surface area contributed by atoms with Crippen LogP contribution in [0.25, 0.3) is 0 Å². The van der Waals surface area contributed by atoms with Crippen molar-refractivity contribution in [1.29, 1.82) is 0 Å². The van der Waals surface area contributed by atoms with Crippen LogP contribution in [0, 0.1) is 5.82 Å². The molecular weight excluding hydrogens is 329 g/mol. The molecule has 0 saturated heterocycles. The molecule has 25 heavy (non-hydrogen) atoms. The Morgan fingerprint density at radius 3 is 2.72 bits per heavy atom. The van der Waals surface area contributed by atoms with Crippen molar-refractivity contribution >= 4 is 11.9 Å². The molecule has 7 heteroatoms. The quantitative estimate of drug-likeness (QED) is 0.843. The van der Waals surface area contributed by atoms with E-state index in [0.717, 1.165) is 5.56 Å². The minimum absolute atomic E-state index is 0.000821. The molecule has 2 aromatic carbocycles. The smallest absolute Gasteiger partial charge is 0.303 e. The number of hydrogen-bond acceptors (Lipinski definition) is 5. The minimum atomic E-state index is -1.35. The van der Waals surface area contributed by atoms with E-state index in [9.17, 15) is 14.0 Å². The summed E-state index contributed by atoms with van der Waals surface area (Å²) in [5.74, 6) is -0.673. The third-order valence-electron chi connectivity index (χ3n) is 3.61. The van der Waals surface area contributed by atoms with Crippen LogP contribution >= 0.6 is 0 Å². The van der Waals surface area contributed by atoms with Crippen LogP contribution in [-0.4, -0.2) is 18.7 Å². The molecule has 1 aliphatic rings. The Labute approximate surface area is 143 Å². The first-order valence-corrected chi connectivity index (χ1v) is 7.62. The highest BCUT2D eigenvalue weighted by Gasteiger charge is 2.26. The number of benzene rings is 2. The average Bonchev–Trinajstić information content (AvgIpc) is 3.06. The second kappa shape index (κ2) is 7.21. The van der Waals surface area contributed by atoms with E-state index >= 15 is 0 Å². The molecule has 130 valence electrons. The normalized spacial score (nSPS) is 13.2. The van der Waals surface area contributed by atoms with Gasteiger partial charge in [-0.05, 0) is 23.8 Å². The zero-order valence-electron chi connectivity index (χ0n) is 13.5. The van der Waals surface area contributed by atoms with Crippen LogP contribution < -0.4 is 14.8 Å². The lowest BCUT2D eigenvalue weighted by Crippen LogP contribution is -2.32. The fraction of sp³-hybridized carbons (Fsp3) is 0.222. The second-order valence-corrected chi connectivity index (χ2v) is 5.42. The molecule has 0 fully saturated rings. The molecule has 0 radical (unpaired) electrons. The van der Waals surface area contributed by atoms with E-state index in [1.165, 1.54) is 25.1 Å². The third-order valence-corrected chi connectivity index (χ3v) is 3.61. The van der Waals surface area contributed by atoms with Crippen molar-refractivity contribution in [2.24, 2.45) is 0 Å². The van der Waals surface area contributed by atoms with Crippen molar-refractivity contribution in [1.82, 2.24) is 5.32 Å². The zero-order chi connectivity index (χ0) is 17.8. The molecule has 3 rings (SSSR count). The van der Waals surface area contributed by atoms with E-state index in [1.54, 1.807) is 24.3 Å². The number of amides is 1. The summed E-state index contributed by atoms with van der Waals surface area (Å²) in [6, 6.07) is 10.9. The summed E-state index contributed by atoms with van der Waals surface area (Å²) < 4.78 is 29.5. The molecule has 1 heterocycles. The van der Waals surface area contributed by atoms with Gasteiger partial charge in [0.15, 0.2) is 11.5 Å². The fourth-order valence-electron chi connectivity index (χ4n) is 2.44. The van der Waals surface area contributed by atoms with Gasteiger partial charge in [0.2, 0.25) is 12.9 Å². The maximum absolute atomic E-state index is 14.0. The number of ether oxygens (including phenoxy) is 3.